The monoisotopic (exact) mass is 444 g/mol. The second kappa shape index (κ2) is 9.68. The number of β-amino-alcohol motifs (C(OH)–C–C–N with tert-alkyl or cyclic N) is 1. The third kappa shape index (κ3) is 5.05. The number of aliphatic hydroxyl groups is 1. The lowest BCUT2D eigenvalue weighted by molar-refractivity contribution is 0.0501. The third-order valence-corrected chi connectivity index (χ3v) is 6.32. The minimum absolute atomic E-state index is 0.102. The van der Waals surface area contributed by atoms with Gasteiger partial charge in [-0.25, -0.2) is 9.97 Å². The number of carbonyl (C=O) groups is 1. The Bertz CT molecular complexity index is 1120. The van der Waals surface area contributed by atoms with Crippen LogP contribution in [-0.2, 0) is 19.4 Å². The van der Waals surface area contributed by atoms with Gasteiger partial charge in [0.05, 0.1) is 18.2 Å². The predicted octanol–water partition coefficient (Wildman–Crippen LogP) is 2.32. The molecule has 33 heavy (non-hydrogen) atoms. The first-order chi connectivity index (χ1) is 16.2. The summed E-state index contributed by atoms with van der Waals surface area (Å²) in [5.41, 5.74) is 5.12. The summed E-state index contributed by atoms with van der Waals surface area (Å²) in [6.45, 7) is 3.44. The molecule has 0 radical (unpaired) electrons. The lowest BCUT2D eigenvalue weighted by Crippen LogP contribution is -2.44. The molecule has 1 amide bonds. The summed E-state index contributed by atoms with van der Waals surface area (Å²) < 4.78 is 5.84. The van der Waals surface area contributed by atoms with Crippen molar-refractivity contribution in [3.05, 3.63) is 89.0 Å². The lowest BCUT2D eigenvalue weighted by atomic mass is 10.00. The Morgan fingerprint density at radius 3 is 2.79 bits per heavy atom. The number of nitrogens with zero attached hydrogens (tertiary/aromatic N) is 4. The zero-order chi connectivity index (χ0) is 22.6. The van der Waals surface area contributed by atoms with Crippen molar-refractivity contribution >= 4 is 5.91 Å². The standard InChI is InChI=1S/C26H28N4O3/c31-23(16-29-10-8-20-3-1-2-4-21(20)15-29)17-30-11-12-33-25-6-5-19(14-24(25)26(30)32)13-22-7-9-27-18-28-22/h1-7,9,14,18,23,31H,8,10-13,15-17H2/t23-/m1/s1. The Morgan fingerprint density at radius 1 is 1.06 bits per heavy atom. The molecule has 5 rings (SSSR count). The van der Waals surface area contributed by atoms with Crippen LogP contribution in [0.3, 0.4) is 0 Å². The molecule has 1 aromatic heterocycles. The van der Waals surface area contributed by atoms with E-state index in [2.05, 4.69) is 39.1 Å². The molecule has 3 heterocycles. The van der Waals surface area contributed by atoms with Crippen LogP contribution in [0, 0.1) is 0 Å². The second-order valence-corrected chi connectivity index (χ2v) is 8.72. The Labute approximate surface area is 193 Å². The van der Waals surface area contributed by atoms with Crippen LogP contribution in [0.1, 0.15) is 32.7 Å². The third-order valence-electron chi connectivity index (χ3n) is 6.32. The molecule has 7 heteroatoms. The maximum atomic E-state index is 13.3. The van der Waals surface area contributed by atoms with Crippen LogP contribution in [0.25, 0.3) is 0 Å². The lowest BCUT2D eigenvalue weighted by Gasteiger charge is -2.32. The van der Waals surface area contributed by atoms with Crippen LogP contribution >= 0.6 is 0 Å². The Kier molecular flexibility index (Phi) is 6.32. The first-order valence-corrected chi connectivity index (χ1v) is 11.4. The molecule has 1 atom stereocenters. The Hall–Kier alpha value is -3.29. The van der Waals surface area contributed by atoms with E-state index in [1.165, 1.54) is 17.5 Å². The SMILES string of the molecule is O=C1c2cc(Cc3ccncn3)ccc2OCCN1C[C@H](O)CN1CCc2ccccc2C1. The normalized spacial score (nSPS) is 17.0. The van der Waals surface area contributed by atoms with Crippen LogP contribution in [0.5, 0.6) is 5.75 Å². The van der Waals surface area contributed by atoms with E-state index in [4.69, 9.17) is 4.74 Å². The zero-order valence-electron chi connectivity index (χ0n) is 18.6. The number of aromatic nitrogens is 2. The van der Waals surface area contributed by atoms with E-state index >= 15 is 0 Å². The van der Waals surface area contributed by atoms with Crippen LogP contribution in [0.15, 0.2) is 61.1 Å². The first-order valence-electron chi connectivity index (χ1n) is 11.4. The minimum atomic E-state index is -0.620. The number of benzene rings is 2. The maximum absolute atomic E-state index is 13.3. The molecule has 0 fully saturated rings. The van der Waals surface area contributed by atoms with Gasteiger partial charge in [0.25, 0.3) is 5.91 Å². The van der Waals surface area contributed by atoms with Crippen molar-refractivity contribution in [2.45, 2.75) is 25.5 Å². The molecule has 0 saturated carbocycles. The van der Waals surface area contributed by atoms with Crippen LogP contribution < -0.4 is 4.74 Å². The molecule has 0 aliphatic carbocycles. The molecule has 0 unspecified atom stereocenters. The summed E-state index contributed by atoms with van der Waals surface area (Å²) in [4.78, 5) is 25.5. The number of ether oxygens (including phenoxy) is 1. The van der Waals surface area contributed by atoms with Gasteiger partial charge in [0.2, 0.25) is 0 Å². The fourth-order valence-electron chi connectivity index (χ4n) is 4.64. The number of hydrogen-bond acceptors (Lipinski definition) is 6. The van der Waals surface area contributed by atoms with E-state index in [0.717, 1.165) is 30.8 Å². The highest BCUT2D eigenvalue weighted by Gasteiger charge is 2.27. The van der Waals surface area contributed by atoms with Gasteiger partial charge in [-0.15, -0.1) is 0 Å². The highest BCUT2D eigenvalue weighted by Crippen LogP contribution is 2.26. The summed E-state index contributed by atoms with van der Waals surface area (Å²) in [6.07, 6.45) is 4.22. The van der Waals surface area contributed by atoms with Crippen LogP contribution in [-0.4, -0.2) is 69.7 Å². The smallest absolute Gasteiger partial charge is 0.257 e. The topological polar surface area (TPSA) is 78.8 Å². The van der Waals surface area contributed by atoms with E-state index in [0.29, 0.717) is 37.4 Å². The summed E-state index contributed by atoms with van der Waals surface area (Å²) in [5.74, 6) is 0.492. The minimum Gasteiger partial charge on any atom is -0.491 e. The first kappa shape index (κ1) is 21.6. The van der Waals surface area contributed by atoms with Gasteiger partial charge in [0.15, 0.2) is 0 Å². The van der Waals surface area contributed by atoms with E-state index in [1.807, 2.05) is 24.3 Å². The van der Waals surface area contributed by atoms with Gasteiger partial charge >= 0.3 is 0 Å². The summed E-state index contributed by atoms with van der Waals surface area (Å²) in [6, 6.07) is 16.0. The molecular weight excluding hydrogens is 416 g/mol. The average Bonchev–Trinajstić information content (AvgIpc) is 2.98. The van der Waals surface area contributed by atoms with Crippen molar-refractivity contribution in [1.82, 2.24) is 19.8 Å². The van der Waals surface area contributed by atoms with Crippen LogP contribution in [0.2, 0.25) is 0 Å². The largest absolute Gasteiger partial charge is 0.491 e. The molecule has 170 valence electrons. The van der Waals surface area contributed by atoms with Crippen molar-refractivity contribution < 1.29 is 14.6 Å². The number of rotatable bonds is 6. The van der Waals surface area contributed by atoms with Crippen LogP contribution in [0.4, 0.5) is 0 Å². The van der Waals surface area contributed by atoms with Crippen molar-refractivity contribution in [3.8, 4) is 5.75 Å². The van der Waals surface area contributed by atoms with E-state index in [-0.39, 0.29) is 12.5 Å². The number of hydrogen-bond donors (Lipinski definition) is 1. The molecule has 0 spiro atoms. The molecule has 2 aliphatic rings. The Morgan fingerprint density at radius 2 is 1.94 bits per heavy atom. The summed E-state index contributed by atoms with van der Waals surface area (Å²) >= 11 is 0. The number of fused-ring (bicyclic) bond motifs is 2. The van der Waals surface area contributed by atoms with Crippen molar-refractivity contribution in [2.75, 3.05) is 32.8 Å². The highest BCUT2D eigenvalue weighted by molar-refractivity contribution is 5.97. The van der Waals surface area contributed by atoms with Gasteiger partial charge < -0.3 is 14.7 Å². The fourth-order valence-corrected chi connectivity index (χ4v) is 4.64. The fraction of sp³-hybridized carbons (Fsp3) is 0.346. The zero-order valence-corrected chi connectivity index (χ0v) is 18.6. The molecule has 0 bridgehead atoms. The van der Waals surface area contributed by atoms with Gasteiger partial charge in [-0.05, 0) is 41.3 Å². The molecule has 0 saturated heterocycles. The number of aliphatic hydroxyl groups excluding tert-OH is 1. The molecule has 2 aliphatic heterocycles. The molecule has 3 aromatic rings. The highest BCUT2D eigenvalue weighted by atomic mass is 16.5. The molecular formula is C26H28N4O3. The van der Waals surface area contributed by atoms with E-state index < -0.39 is 6.10 Å². The van der Waals surface area contributed by atoms with Gasteiger partial charge in [-0.3, -0.25) is 9.69 Å². The average molecular weight is 445 g/mol. The van der Waals surface area contributed by atoms with Gasteiger partial charge in [0.1, 0.15) is 18.7 Å². The van der Waals surface area contributed by atoms with Crippen molar-refractivity contribution in [3.63, 3.8) is 0 Å². The second-order valence-electron chi connectivity index (χ2n) is 8.72. The Balaban J connectivity index is 1.24. The maximum Gasteiger partial charge on any atom is 0.257 e. The molecule has 2 aromatic carbocycles. The van der Waals surface area contributed by atoms with E-state index in [9.17, 15) is 9.90 Å². The van der Waals surface area contributed by atoms with Crippen molar-refractivity contribution in [1.29, 1.82) is 0 Å². The number of amides is 1. The van der Waals surface area contributed by atoms with Gasteiger partial charge in [-0.2, -0.15) is 0 Å². The summed E-state index contributed by atoms with van der Waals surface area (Å²) in [5, 5.41) is 10.8. The number of carbonyl (C=O) groups excluding carboxylic acids is 1. The quantitative estimate of drug-likeness (QED) is 0.629. The predicted molar refractivity (Wildman–Crippen MR) is 124 cm³/mol. The van der Waals surface area contributed by atoms with E-state index in [1.54, 1.807) is 11.1 Å². The molecule has 7 nitrogen and oxygen atoms in total. The van der Waals surface area contributed by atoms with Gasteiger partial charge in [-0.1, -0.05) is 30.3 Å². The van der Waals surface area contributed by atoms with Crippen molar-refractivity contribution in [2.24, 2.45) is 0 Å². The summed E-state index contributed by atoms with van der Waals surface area (Å²) in [7, 11) is 0. The van der Waals surface area contributed by atoms with Gasteiger partial charge in [0, 0.05) is 44.5 Å². The molecule has 1 N–H and O–H groups in total.